The summed E-state index contributed by atoms with van der Waals surface area (Å²) in [5.41, 5.74) is 5.07. The van der Waals surface area contributed by atoms with Gasteiger partial charge in [0.15, 0.2) is 5.65 Å². The van der Waals surface area contributed by atoms with Crippen molar-refractivity contribution in [1.29, 1.82) is 0 Å². The smallest absolute Gasteiger partial charge is 0.159 e. The molecule has 0 aliphatic carbocycles. The molecular formula is C21H28ClN5. The van der Waals surface area contributed by atoms with Crippen molar-refractivity contribution in [2.24, 2.45) is 0 Å². The Morgan fingerprint density at radius 1 is 1.11 bits per heavy atom. The third-order valence-corrected chi connectivity index (χ3v) is 5.00. The number of aromatic nitrogens is 3. The van der Waals surface area contributed by atoms with Gasteiger partial charge in [-0.05, 0) is 50.8 Å². The number of benzene rings is 1. The van der Waals surface area contributed by atoms with E-state index in [0.29, 0.717) is 5.02 Å². The zero-order valence-electron chi connectivity index (χ0n) is 16.8. The van der Waals surface area contributed by atoms with Crippen LogP contribution in [-0.4, -0.2) is 27.7 Å². The van der Waals surface area contributed by atoms with Crippen LogP contribution in [0.5, 0.6) is 0 Å². The van der Waals surface area contributed by atoms with E-state index in [4.69, 9.17) is 16.6 Å². The Bertz CT molecular complexity index is 918. The summed E-state index contributed by atoms with van der Waals surface area (Å²) in [4.78, 5) is 7.20. The van der Waals surface area contributed by atoms with Crippen molar-refractivity contribution in [2.45, 2.75) is 47.5 Å². The molecule has 1 aromatic carbocycles. The summed E-state index contributed by atoms with van der Waals surface area (Å²) in [5.74, 6) is 1.92. The van der Waals surface area contributed by atoms with Crippen molar-refractivity contribution in [3.05, 3.63) is 46.1 Å². The van der Waals surface area contributed by atoms with Gasteiger partial charge in [-0.3, -0.25) is 0 Å². The summed E-state index contributed by atoms with van der Waals surface area (Å²) in [6.07, 6.45) is 3.96. The molecule has 3 rings (SSSR count). The molecule has 0 saturated carbocycles. The number of fused-ring (bicyclic) bond motifs is 1. The lowest BCUT2D eigenvalue weighted by molar-refractivity contribution is 0.712. The van der Waals surface area contributed by atoms with Gasteiger partial charge in [0.25, 0.3) is 0 Å². The van der Waals surface area contributed by atoms with Gasteiger partial charge < -0.3 is 10.2 Å². The molecule has 6 heteroatoms. The molecule has 0 amide bonds. The zero-order valence-corrected chi connectivity index (χ0v) is 17.6. The molecule has 2 heterocycles. The minimum absolute atomic E-state index is 0.711. The molecule has 2 aromatic heterocycles. The fourth-order valence-corrected chi connectivity index (χ4v) is 3.92. The lowest BCUT2D eigenvalue weighted by atomic mass is 10.1. The van der Waals surface area contributed by atoms with Crippen LogP contribution in [0.25, 0.3) is 5.65 Å². The van der Waals surface area contributed by atoms with E-state index in [1.807, 2.05) is 16.6 Å². The molecule has 0 spiro atoms. The second-order valence-electron chi connectivity index (χ2n) is 7.06. The summed E-state index contributed by atoms with van der Waals surface area (Å²) in [7, 11) is 0. The maximum absolute atomic E-state index is 6.52. The molecule has 0 atom stereocenters. The first-order valence-corrected chi connectivity index (χ1v) is 9.97. The Hall–Kier alpha value is -2.27. The highest BCUT2D eigenvalue weighted by Gasteiger charge is 2.19. The predicted molar refractivity (Wildman–Crippen MR) is 115 cm³/mol. The monoisotopic (exact) mass is 385 g/mol. The molecule has 0 aliphatic heterocycles. The average Bonchev–Trinajstić information content (AvgIpc) is 3.06. The van der Waals surface area contributed by atoms with E-state index in [0.717, 1.165) is 65.6 Å². The van der Waals surface area contributed by atoms with Gasteiger partial charge in [0.1, 0.15) is 11.6 Å². The van der Waals surface area contributed by atoms with Crippen LogP contribution >= 0.6 is 11.6 Å². The van der Waals surface area contributed by atoms with Crippen LogP contribution in [-0.2, 0) is 0 Å². The largest absolute Gasteiger partial charge is 0.356 e. The van der Waals surface area contributed by atoms with Crippen molar-refractivity contribution in [3.63, 3.8) is 0 Å². The van der Waals surface area contributed by atoms with Crippen LogP contribution in [0.3, 0.4) is 0 Å². The quantitative estimate of drug-likeness (QED) is 0.568. The minimum Gasteiger partial charge on any atom is -0.356 e. The molecule has 0 fully saturated rings. The molecule has 0 aliphatic rings. The van der Waals surface area contributed by atoms with Crippen LogP contribution in [0.2, 0.25) is 5.02 Å². The number of aryl methyl sites for hydroxylation is 2. The molecule has 0 radical (unpaired) electrons. The van der Waals surface area contributed by atoms with Gasteiger partial charge in [-0.15, -0.1) is 0 Å². The second-order valence-corrected chi connectivity index (χ2v) is 7.47. The highest BCUT2D eigenvalue weighted by atomic mass is 35.5. The van der Waals surface area contributed by atoms with Crippen LogP contribution in [0.15, 0.2) is 24.4 Å². The zero-order chi connectivity index (χ0) is 19.6. The lowest BCUT2D eigenvalue weighted by Crippen LogP contribution is -2.28. The van der Waals surface area contributed by atoms with E-state index in [1.54, 1.807) is 6.20 Å². The topological polar surface area (TPSA) is 45.5 Å². The number of anilines is 3. The summed E-state index contributed by atoms with van der Waals surface area (Å²) in [5, 5.41) is 8.72. The van der Waals surface area contributed by atoms with Crippen LogP contribution in [0.1, 0.15) is 43.4 Å². The third kappa shape index (κ3) is 3.88. The van der Waals surface area contributed by atoms with Gasteiger partial charge >= 0.3 is 0 Å². The molecule has 27 heavy (non-hydrogen) atoms. The van der Waals surface area contributed by atoms with Gasteiger partial charge in [-0.2, -0.15) is 9.61 Å². The Balaban J connectivity index is 2.13. The predicted octanol–water partition coefficient (Wildman–Crippen LogP) is 5.68. The molecule has 5 nitrogen and oxygen atoms in total. The molecule has 0 bridgehead atoms. The van der Waals surface area contributed by atoms with E-state index in [9.17, 15) is 0 Å². The van der Waals surface area contributed by atoms with Gasteiger partial charge in [0, 0.05) is 24.7 Å². The second kappa shape index (κ2) is 8.17. The lowest BCUT2D eigenvalue weighted by Gasteiger charge is -2.27. The number of halogens is 1. The van der Waals surface area contributed by atoms with Crippen molar-refractivity contribution in [1.82, 2.24) is 14.6 Å². The fraction of sp³-hybridized carbons (Fsp3) is 0.429. The number of rotatable bonds is 7. The average molecular weight is 386 g/mol. The highest BCUT2D eigenvalue weighted by Crippen LogP contribution is 2.33. The summed E-state index contributed by atoms with van der Waals surface area (Å²) < 4.78 is 1.94. The summed E-state index contributed by atoms with van der Waals surface area (Å²) >= 11 is 6.52. The SMILES string of the molecule is CCCN(CCC)c1c(C)c(Nc2c(C)cc(C)cc2Cl)nc2ccnn12. The first kappa shape index (κ1) is 19.5. The molecule has 1 N–H and O–H groups in total. The van der Waals surface area contributed by atoms with Crippen molar-refractivity contribution in [2.75, 3.05) is 23.3 Å². The number of nitrogens with one attached hydrogen (secondary N) is 1. The van der Waals surface area contributed by atoms with Gasteiger partial charge in [0.2, 0.25) is 0 Å². The number of nitrogens with zero attached hydrogens (tertiary/aromatic N) is 4. The molecule has 0 unspecified atom stereocenters. The first-order chi connectivity index (χ1) is 13.0. The van der Waals surface area contributed by atoms with Crippen molar-refractivity contribution >= 4 is 34.6 Å². The summed E-state index contributed by atoms with van der Waals surface area (Å²) in [6.45, 7) is 12.6. The van der Waals surface area contributed by atoms with Gasteiger partial charge in [-0.1, -0.05) is 31.5 Å². The standard InChI is InChI=1S/C21H28ClN5/c1-6-10-26(11-7-2)21-16(5)20(24-18-8-9-23-27(18)21)25-19-15(4)12-14(3)13-17(19)22/h8-9,12-13H,6-7,10-11H2,1-5H3,(H,24,25). The van der Waals surface area contributed by atoms with Crippen LogP contribution in [0.4, 0.5) is 17.3 Å². The van der Waals surface area contributed by atoms with Crippen LogP contribution in [0, 0.1) is 20.8 Å². The Kier molecular flexibility index (Phi) is 5.90. The maximum atomic E-state index is 6.52. The fourth-order valence-electron chi connectivity index (χ4n) is 3.56. The molecule has 144 valence electrons. The Morgan fingerprint density at radius 3 is 2.44 bits per heavy atom. The van der Waals surface area contributed by atoms with E-state index < -0.39 is 0 Å². The van der Waals surface area contributed by atoms with E-state index in [2.05, 4.69) is 56.0 Å². The maximum Gasteiger partial charge on any atom is 0.159 e. The van der Waals surface area contributed by atoms with E-state index in [-0.39, 0.29) is 0 Å². The highest BCUT2D eigenvalue weighted by molar-refractivity contribution is 6.33. The Labute approximate surface area is 166 Å². The first-order valence-electron chi connectivity index (χ1n) is 9.59. The molecular weight excluding hydrogens is 358 g/mol. The molecule has 3 aromatic rings. The summed E-state index contributed by atoms with van der Waals surface area (Å²) in [6, 6.07) is 6.04. The van der Waals surface area contributed by atoms with Gasteiger partial charge in [0.05, 0.1) is 16.9 Å². The van der Waals surface area contributed by atoms with Crippen molar-refractivity contribution in [3.8, 4) is 0 Å². The number of hydrogen-bond acceptors (Lipinski definition) is 4. The minimum atomic E-state index is 0.711. The molecule has 0 saturated heterocycles. The van der Waals surface area contributed by atoms with Gasteiger partial charge in [-0.25, -0.2) is 4.98 Å². The van der Waals surface area contributed by atoms with E-state index >= 15 is 0 Å². The third-order valence-electron chi connectivity index (χ3n) is 4.70. The normalized spacial score (nSPS) is 11.2. The van der Waals surface area contributed by atoms with E-state index in [1.165, 1.54) is 0 Å². The Morgan fingerprint density at radius 2 is 1.81 bits per heavy atom. The van der Waals surface area contributed by atoms with Crippen LogP contribution < -0.4 is 10.2 Å². The number of hydrogen-bond donors (Lipinski definition) is 1. The van der Waals surface area contributed by atoms with Crippen molar-refractivity contribution < 1.29 is 0 Å².